The molecule has 8 rings (SSSR count). The van der Waals surface area contributed by atoms with E-state index >= 15 is 0 Å². The Hall–Kier alpha value is -4.94. The Labute approximate surface area is 221 Å². The molecule has 0 amide bonds. The predicted molar refractivity (Wildman–Crippen MR) is 164 cm³/mol. The van der Waals surface area contributed by atoms with Gasteiger partial charge in [0.2, 0.25) is 0 Å². The van der Waals surface area contributed by atoms with Gasteiger partial charge in [0, 0.05) is 0 Å². The number of benzene rings is 8. The van der Waals surface area contributed by atoms with Gasteiger partial charge in [-0.1, -0.05) is 146 Å². The molecule has 8 aromatic rings. The van der Waals surface area contributed by atoms with Crippen molar-refractivity contribution < 1.29 is 0 Å². The summed E-state index contributed by atoms with van der Waals surface area (Å²) < 4.78 is 0. The highest BCUT2D eigenvalue weighted by Gasteiger charge is 2.14. The van der Waals surface area contributed by atoms with E-state index < -0.39 is 0 Å². The molecule has 0 heterocycles. The maximum atomic E-state index is 2.30. The molecule has 0 radical (unpaired) electrons. The highest BCUT2D eigenvalue weighted by atomic mass is 14.2. The van der Waals surface area contributed by atoms with Gasteiger partial charge >= 0.3 is 0 Å². The monoisotopic (exact) mass is 480 g/mol. The Kier molecular flexibility index (Phi) is 4.62. The zero-order chi connectivity index (χ0) is 25.1. The van der Waals surface area contributed by atoms with Gasteiger partial charge in [-0.25, -0.2) is 0 Å². The third-order valence-corrected chi connectivity index (χ3v) is 8.03. The fraction of sp³-hybridized carbons (Fsp3) is 0. The maximum absolute atomic E-state index is 2.30. The van der Waals surface area contributed by atoms with Crippen LogP contribution in [0.5, 0.6) is 0 Å². The Bertz CT molecular complexity index is 2080. The summed E-state index contributed by atoms with van der Waals surface area (Å²) in [6.07, 6.45) is 0. The molecule has 0 spiro atoms. The van der Waals surface area contributed by atoms with Crippen LogP contribution in [0.25, 0.3) is 76.5 Å². The topological polar surface area (TPSA) is 0 Å². The third kappa shape index (κ3) is 3.17. The highest BCUT2D eigenvalue weighted by Crippen LogP contribution is 2.41. The fourth-order valence-electron chi connectivity index (χ4n) is 6.24. The molecule has 8 aromatic carbocycles. The van der Waals surface area contributed by atoms with Crippen LogP contribution in [-0.4, -0.2) is 0 Å². The van der Waals surface area contributed by atoms with Gasteiger partial charge in [-0.05, 0) is 76.5 Å². The van der Waals surface area contributed by atoms with E-state index in [-0.39, 0.29) is 0 Å². The second kappa shape index (κ2) is 8.30. The lowest BCUT2D eigenvalue weighted by Crippen LogP contribution is -1.89. The lowest BCUT2D eigenvalue weighted by molar-refractivity contribution is 1.60. The lowest BCUT2D eigenvalue weighted by atomic mass is 9.87. The van der Waals surface area contributed by atoms with Crippen LogP contribution in [0.1, 0.15) is 0 Å². The standard InChI is InChI=1S/C38H24/c1-2-7-25(8-3-1)34-23-19-26-9-4-5-12-33(26)37(34)30-15-13-27(14-16-30)32-22-20-31-18-17-28-10-6-11-29-21-24-35(32)38(31)36(28)29/h1-24H. The maximum Gasteiger partial charge on any atom is -0.00206 e. The average molecular weight is 481 g/mol. The Morgan fingerprint density at radius 1 is 0.263 bits per heavy atom. The summed E-state index contributed by atoms with van der Waals surface area (Å²) >= 11 is 0. The molecule has 0 heteroatoms. The highest BCUT2D eigenvalue weighted by molar-refractivity contribution is 6.25. The van der Waals surface area contributed by atoms with Gasteiger partial charge in [0.25, 0.3) is 0 Å². The molecule has 0 fully saturated rings. The molecule has 0 atom stereocenters. The normalized spacial score (nSPS) is 11.7. The van der Waals surface area contributed by atoms with E-state index in [0.717, 1.165) is 0 Å². The van der Waals surface area contributed by atoms with E-state index in [4.69, 9.17) is 0 Å². The molecule has 176 valence electrons. The molecule has 0 unspecified atom stereocenters. The third-order valence-electron chi connectivity index (χ3n) is 8.03. The second-order valence-electron chi connectivity index (χ2n) is 10.1. The molecular formula is C38H24. The first kappa shape index (κ1) is 21.2. The summed E-state index contributed by atoms with van der Waals surface area (Å²) in [6, 6.07) is 53.3. The summed E-state index contributed by atoms with van der Waals surface area (Å²) in [5, 5.41) is 10.5. The van der Waals surface area contributed by atoms with Crippen molar-refractivity contribution in [3.8, 4) is 33.4 Å². The molecule has 0 aliphatic carbocycles. The van der Waals surface area contributed by atoms with E-state index in [1.165, 1.54) is 76.5 Å². The Balaban J connectivity index is 1.33. The van der Waals surface area contributed by atoms with Crippen LogP contribution in [0.15, 0.2) is 146 Å². The molecule has 0 aromatic heterocycles. The van der Waals surface area contributed by atoms with E-state index in [0.29, 0.717) is 0 Å². The van der Waals surface area contributed by atoms with E-state index in [9.17, 15) is 0 Å². The van der Waals surface area contributed by atoms with Crippen LogP contribution >= 0.6 is 0 Å². The van der Waals surface area contributed by atoms with Crippen molar-refractivity contribution in [2.45, 2.75) is 0 Å². The van der Waals surface area contributed by atoms with Crippen LogP contribution in [0.3, 0.4) is 0 Å². The first-order chi connectivity index (χ1) is 18.8. The minimum atomic E-state index is 1.24. The summed E-state index contributed by atoms with van der Waals surface area (Å²) in [6.45, 7) is 0. The predicted octanol–water partition coefficient (Wildman–Crippen LogP) is 10.7. The first-order valence-corrected chi connectivity index (χ1v) is 13.2. The van der Waals surface area contributed by atoms with Gasteiger partial charge in [0.1, 0.15) is 0 Å². The molecule has 0 saturated carbocycles. The number of fused-ring (bicyclic) bond motifs is 1. The van der Waals surface area contributed by atoms with Gasteiger partial charge in [0.15, 0.2) is 0 Å². The fourth-order valence-corrected chi connectivity index (χ4v) is 6.24. The number of rotatable bonds is 3. The largest absolute Gasteiger partial charge is 0.0622 e. The summed E-state index contributed by atoms with van der Waals surface area (Å²) in [7, 11) is 0. The molecule has 0 saturated heterocycles. The molecule has 0 N–H and O–H groups in total. The van der Waals surface area contributed by atoms with Crippen molar-refractivity contribution in [2.75, 3.05) is 0 Å². The van der Waals surface area contributed by atoms with Gasteiger partial charge in [-0.3, -0.25) is 0 Å². The van der Waals surface area contributed by atoms with Crippen molar-refractivity contribution >= 4 is 43.1 Å². The summed E-state index contributed by atoms with van der Waals surface area (Å²) in [5.41, 5.74) is 7.55. The quantitative estimate of drug-likeness (QED) is 0.221. The zero-order valence-electron chi connectivity index (χ0n) is 20.9. The van der Waals surface area contributed by atoms with Crippen LogP contribution < -0.4 is 0 Å². The molecule has 0 bridgehead atoms. The van der Waals surface area contributed by atoms with E-state index in [1.807, 2.05) is 0 Å². The SMILES string of the molecule is c1ccc(-c2ccc3ccccc3c2-c2ccc(-c3ccc4ccc5cccc6ccc3c4c56)cc2)cc1. The first-order valence-electron chi connectivity index (χ1n) is 13.2. The van der Waals surface area contributed by atoms with Crippen molar-refractivity contribution in [2.24, 2.45) is 0 Å². The molecular weight excluding hydrogens is 456 g/mol. The number of hydrogen-bond donors (Lipinski definition) is 0. The van der Waals surface area contributed by atoms with E-state index in [1.54, 1.807) is 0 Å². The van der Waals surface area contributed by atoms with Gasteiger partial charge < -0.3 is 0 Å². The van der Waals surface area contributed by atoms with Crippen molar-refractivity contribution in [3.05, 3.63) is 146 Å². The van der Waals surface area contributed by atoms with Gasteiger partial charge in [-0.15, -0.1) is 0 Å². The Morgan fingerprint density at radius 2 is 0.816 bits per heavy atom. The summed E-state index contributed by atoms with van der Waals surface area (Å²) in [5.74, 6) is 0. The minimum absolute atomic E-state index is 1.24. The molecule has 0 aliphatic rings. The van der Waals surface area contributed by atoms with Crippen LogP contribution in [-0.2, 0) is 0 Å². The molecule has 38 heavy (non-hydrogen) atoms. The average Bonchev–Trinajstić information content (AvgIpc) is 3.00. The minimum Gasteiger partial charge on any atom is -0.0622 e. The van der Waals surface area contributed by atoms with Crippen LogP contribution in [0, 0.1) is 0 Å². The van der Waals surface area contributed by atoms with Crippen molar-refractivity contribution in [1.29, 1.82) is 0 Å². The number of hydrogen-bond acceptors (Lipinski definition) is 0. The molecule has 0 nitrogen and oxygen atoms in total. The smallest absolute Gasteiger partial charge is 0.00206 e. The van der Waals surface area contributed by atoms with Gasteiger partial charge in [-0.2, -0.15) is 0 Å². The van der Waals surface area contributed by atoms with Crippen molar-refractivity contribution in [1.82, 2.24) is 0 Å². The van der Waals surface area contributed by atoms with Crippen LogP contribution in [0.2, 0.25) is 0 Å². The van der Waals surface area contributed by atoms with Gasteiger partial charge in [0.05, 0.1) is 0 Å². The van der Waals surface area contributed by atoms with Crippen LogP contribution in [0.4, 0.5) is 0 Å². The summed E-state index contributed by atoms with van der Waals surface area (Å²) in [4.78, 5) is 0. The van der Waals surface area contributed by atoms with Crippen molar-refractivity contribution in [3.63, 3.8) is 0 Å². The Morgan fingerprint density at radius 3 is 1.63 bits per heavy atom. The molecule has 0 aliphatic heterocycles. The second-order valence-corrected chi connectivity index (χ2v) is 10.1. The van der Waals surface area contributed by atoms with E-state index in [2.05, 4.69) is 146 Å². The lowest BCUT2D eigenvalue weighted by Gasteiger charge is -2.16. The zero-order valence-corrected chi connectivity index (χ0v) is 20.9.